The van der Waals surface area contributed by atoms with Crippen molar-refractivity contribution in [3.05, 3.63) is 35.4 Å². The summed E-state index contributed by atoms with van der Waals surface area (Å²) in [6, 6.07) is 8.97. The van der Waals surface area contributed by atoms with Crippen LogP contribution in [-0.4, -0.2) is 34.8 Å². The summed E-state index contributed by atoms with van der Waals surface area (Å²) >= 11 is 1.85. The summed E-state index contributed by atoms with van der Waals surface area (Å²) in [5, 5.41) is 13.4. The lowest BCUT2D eigenvalue weighted by Gasteiger charge is -2.30. The molecule has 1 atom stereocenters. The van der Waals surface area contributed by atoms with Gasteiger partial charge in [-0.1, -0.05) is 43.1 Å². The highest BCUT2D eigenvalue weighted by Crippen LogP contribution is 2.18. The zero-order valence-electron chi connectivity index (χ0n) is 12.5. The zero-order chi connectivity index (χ0) is 14.4. The number of nitrogens with one attached hydrogen (secondary N) is 1. The third-order valence-electron chi connectivity index (χ3n) is 4.06. The molecule has 0 amide bonds. The SMILES string of the molecule is CC[C@@H](O)c1ccc(CNC2CCN(SC)CC2)cc1. The van der Waals surface area contributed by atoms with Crippen molar-refractivity contribution in [2.24, 2.45) is 0 Å². The minimum absolute atomic E-state index is 0.326. The minimum Gasteiger partial charge on any atom is -0.388 e. The molecule has 1 aliphatic heterocycles. The van der Waals surface area contributed by atoms with Crippen molar-refractivity contribution in [2.75, 3.05) is 19.3 Å². The van der Waals surface area contributed by atoms with Crippen molar-refractivity contribution < 1.29 is 5.11 Å². The number of hydrogen-bond acceptors (Lipinski definition) is 4. The van der Waals surface area contributed by atoms with Gasteiger partial charge in [0.1, 0.15) is 0 Å². The van der Waals surface area contributed by atoms with Crippen LogP contribution in [0.2, 0.25) is 0 Å². The van der Waals surface area contributed by atoms with E-state index in [1.54, 1.807) is 0 Å². The van der Waals surface area contributed by atoms with E-state index in [0.29, 0.717) is 6.04 Å². The minimum atomic E-state index is -0.326. The van der Waals surface area contributed by atoms with Gasteiger partial charge in [0.05, 0.1) is 6.10 Å². The molecule has 0 aromatic heterocycles. The summed E-state index contributed by atoms with van der Waals surface area (Å²) in [7, 11) is 0. The molecule has 2 N–H and O–H groups in total. The fraction of sp³-hybridized carbons (Fsp3) is 0.625. The summed E-state index contributed by atoms with van der Waals surface area (Å²) in [5.74, 6) is 0. The second-order valence-corrected chi connectivity index (χ2v) is 6.31. The Kier molecular flexibility index (Phi) is 6.36. The molecule has 0 radical (unpaired) electrons. The van der Waals surface area contributed by atoms with Crippen LogP contribution in [0.25, 0.3) is 0 Å². The van der Waals surface area contributed by atoms with E-state index in [0.717, 1.165) is 18.5 Å². The molecule has 1 heterocycles. The highest BCUT2D eigenvalue weighted by Gasteiger charge is 2.17. The smallest absolute Gasteiger partial charge is 0.0787 e. The monoisotopic (exact) mass is 294 g/mol. The van der Waals surface area contributed by atoms with Gasteiger partial charge in [0.2, 0.25) is 0 Å². The molecule has 0 spiro atoms. The van der Waals surface area contributed by atoms with Crippen LogP contribution in [0.3, 0.4) is 0 Å². The number of benzene rings is 1. The van der Waals surface area contributed by atoms with Gasteiger partial charge in [-0.2, -0.15) is 0 Å². The predicted molar refractivity (Wildman–Crippen MR) is 86.6 cm³/mol. The summed E-state index contributed by atoms with van der Waals surface area (Å²) in [4.78, 5) is 0. The number of hydrogen-bond donors (Lipinski definition) is 2. The van der Waals surface area contributed by atoms with Crippen LogP contribution in [-0.2, 0) is 6.54 Å². The largest absolute Gasteiger partial charge is 0.388 e. The second-order valence-electron chi connectivity index (χ2n) is 5.43. The Morgan fingerprint density at radius 2 is 1.95 bits per heavy atom. The second kappa shape index (κ2) is 8.03. The number of nitrogens with zero attached hydrogens (tertiary/aromatic N) is 1. The van der Waals surface area contributed by atoms with Gasteiger partial charge in [-0.05, 0) is 36.6 Å². The Labute approximate surface area is 126 Å². The molecule has 2 rings (SSSR count). The molecule has 1 saturated heterocycles. The van der Waals surface area contributed by atoms with Crippen molar-refractivity contribution in [1.82, 2.24) is 9.62 Å². The maximum atomic E-state index is 9.78. The predicted octanol–water partition coefficient (Wildman–Crippen LogP) is 2.96. The Morgan fingerprint density at radius 1 is 1.30 bits per heavy atom. The Balaban J connectivity index is 1.77. The summed E-state index contributed by atoms with van der Waals surface area (Å²) in [6.07, 6.45) is 5.06. The van der Waals surface area contributed by atoms with Gasteiger partial charge in [0, 0.05) is 25.7 Å². The van der Waals surface area contributed by atoms with E-state index in [1.807, 2.05) is 31.0 Å². The normalized spacial score (nSPS) is 19.1. The van der Waals surface area contributed by atoms with E-state index in [9.17, 15) is 5.11 Å². The maximum Gasteiger partial charge on any atom is 0.0787 e. The fourth-order valence-electron chi connectivity index (χ4n) is 2.60. The van der Waals surface area contributed by atoms with Crippen LogP contribution < -0.4 is 5.32 Å². The third-order valence-corrected chi connectivity index (χ3v) is 4.94. The van der Waals surface area contributed by atoms with Crippen molar-refractivity contribution in [2.45, 2.75) is 44.9 Å². The first kappa shape index (κ1) is 15.8. The molecular formula is C16H26N2OS. The van der Waals surface area contributed by atoms with E-state index in [4.69, 9.17) is 0 Å². The highest BCUT2D eigenvalue weighted by atomic mass is 32.2. The van der Waals surface area contributed by atoms with Gasteiger partial charge in [-0.25, -0.2) is 0 Å². The zero-order valence-corrected chi connectivity index (χ0v) is 13.3. The van der Waals surface area contributed by atoms with Gasteiger partial charge < -0.3 is 10.4 Å². The number of aliphatic hydroxyl groups is 1. The number of aliphatic hydroxyl groups excluding tert-OH is 1. The van der Waals surface area contributed by atoms with E-state index in [2.05, 4.69) is 28.0 Å². The average molecular weight is 294 g/mol. The molecule has 0 bridgehead atoms. The standard InChI is InChI=1S/C16H26N2OS/c1-3-16(19)14-6-4-13(5-7-14)12-17-15-8-10-18(20-2)11-9-15/h4-7,15-17,19H,3,8-12H2,1-2H3/t16-/m1/s1. The van der Waals surface area contributed by atoms with E-state index < -0.39 is 0 Å². The van der Waals surface area contributed by atoms with Crippen LogP contribution >= 0.6 is 11.9 Å². The lowest BCUT2D eigenvalue weighted by atomic mass is 10.0. The van der Waals surface area contributed by atoms with E-state index in [-0.39, 0.29) is 6.10 Å². The molecule has 1 fully saturated rings. The lowest BCUT2D eigenvalue weighted by Crippen LogP contribution is -2.39. The molecule has 0 saturated carbocycles. The van der Waals surface area contributed by atoms with Crippen LogP contribution in [0.1, 0.15) is 43.4 Å². The quantitative estimate of drug-likeness (QED) is 0.791. The van der Waals surface area contributed by atoms with Crippen LogP contribution in [0, 0.1) is 0 Å². The molecule has 1 aromatic carbocycles. The first-order chi connectivity index (χ1) is 9.72. The molecule has 0 aliphatic carbocycles. The Morgan fingerprint density at radius 3 is 2.50 bits per heavy atom. The van der Waals surface area contributed by atoms with Crippen LogP contribution in [0.4, 0.5) is 0 Å². The topological polar surface area (TPSA) is 35.5 Å². The molecule has 0 unspecified atom stereocenters. The van der Waals surface area contributed by atoms with Gasteiger partial charge in [0.15, 0.2) is 0 Å². The molecular weight excluding hydrogens is 268 g/mol. The van der Waals surface area contributed by atoms with Crippen molar-refractivity contribution in [1.29, 1.82) is 0 Å². The summed E-state index contributed by atoms with van der Waals surface area (Å²) in [5.41, 5.74) is 2.31. The van der Waals surface area contributed by atoms with Gasteiger partial charge in [-0.15, -0.1) is 0 Å². The van der Waals surface area contributed by atoms with E-state index in [1.165, 1.54) is 31.5 Å². The molecule has 1 aromatic rings. The van der Waals surface area contributed by atoms with Crippen molar-refractivity contribution in [3.63, 3.8) is 0 Å². The summed E-state index contributed by atoms with van der Waals surface area (Å²) in [6.45, 7) is 5.29. The first-order valence-electron chi connectivity index (χ1n) is 7.52. The van der Waals surface area contributed by atoms with Crippen LogP contribution in [0.5, 0.6) is 0 Å². The fourth-order valence-corrected chi connectivity index (χ4v) is 3.17. The molecule has 1 aliphatic rings. The number of rotatable bonds is 6. The molecule has 4 heteroatoms. The number of piperidine rings is 1. The van der Waals surface area contributed by atoms with E-state index >= 15 is 0 Å². The Bertz CT molecular complexity index is 388. The average Bonchev–Trinajstić information content (AvgIpc) is 2.53. The molecule has 20 heavy (non-hydrogen) atoms. The lowest BCUT2D eigenvalue weighted by molar-refractivity contribution is 0.173. The molecule has 112 valence electrons. The first-order valence-corrected chi connectivity index (χ1v) is 8.70. The van der Waals surface area contributed by atoms with Gasteiger partial charge in [0.25, 0.3) is 0 Å². The maximum absolute atomic E-state index is 9.78. The summed E-state index contributed by atoms with van der Waals surface area (Å²) < 4.78 is 2.43. The van der Waals surface area contributed by atoms with Crippen LogP contribution in [0.15, 0.2) is 24.3 Å². The highest BCUT2D eigenvalue weighted by molar-refractivity contribution is 7.96. The van der Waals surface area contributed by atoms with Gasteiger partial charge >= 0.3 is 0 Å². The third kappa shape index (κ3) is 4.48. The Hall–Kier alpha value is -0.550. The van der Waals surface area contributed by atoms with Crippen molar-refractivity contribution >= 4 is 11.9 Å². The van der Waals surface area contributed by atoms with Crippen molar-refractivity contribution in [3.8, 4) is 0 Å². The molecule has 3 nitrogen and oxygen atoms in total. The van der Waals surface area contributed by atoms with Gasteiger partial charge in [-0.3, -0.25) is 4.31 Å².